The van der Waals surface area contributed by atoms with Crippen LogP contribution in [0.3, 0.4) is 0 Å². The van der Waals surface area contributed by atoms with E-state index in [9.17, 15) is 9.00 Å². The molecule has 35 heavy (non-hydrogen) atoms. The fourth-order valence-electron chi connectivity index (χ4n) is 4.12. The van der Waals surface area contributed by atoms with Gasteiger partial charge in [-0.3, -0.25) is 4.79 Å². The highest BCUT2D eigenvalue weighted by Crippen LogP contribution is 2.35. The molecule has 1 aromatic heterocycles. The van der Waals surface area contributed by atoms with Gasteiger partial charge in [-0.25, -0.2) is 9.19 Å². The number of amides is 1. The van der Waals surface area contributed by atoms with Gasteiger partial charge >= 0.3 is 0 Å². The van der Waals surface area contributed by atoms with Crippen molar-refractivity contribution in [2.24, 2.45) is 0 Å². The van der Waals surface area contributed by atoms with Crippen LogP contribution in [0.5, 0.6) is 0 Å². The molecule has 3 aromatic carbocycles. The predicted molar refractivity (Wildman–Crippen MR) is 146 cm³/mol. The third-order valence-electron chi connectivity index (χ3n) is 5.82. The lowest BCUT2D eigenvalue weighted by Crippen LogP contribution is -2.29. The molecule has 2 heterocycles. The minimum absolute atomic E-state index is 0. The van der Waals surface area contributed by atoms with Crippen LogP contribution in [0.4, 0.5) is 10.8 Å². The number of hydrogen-bond donors (Lipinski definition) is 2. The zero-order chi connectivity index (χ0) is 24.9. The summed E-state index contributed by atoms with van der Waals surface area (Å²) in [7, 11) is 0. The van der Waals surface area contributed by atoms with Gasteiger partial charge in [-0.15, -0.1) is 11.3 Å². The number of hydrogen-bond acceptors (Lipinski definition) is 5. The number of aryl methyl sites for hydroxylation is 2. The summed E-state index contributed by atoms with van der Waals surface area (Å²) in [6, 6.07) is 23.2. The van der Waals surface area contributed by atoms with E-state index in [0.717, 1.165) is 44.9 Å². The molecule has 3 N–H and O–H groups in total. The van der Waals surface area contributed by atoms with E-state index in [-0.39, 0.29) is 13.1 Å². The number of rotatable bonds is 4. The number of nitrogens with zero attached hydrogens (tertiary/aromatic N) is 2. The van der Waals surface area contributed by atoms with Crippen molar-refractivity contribution in [1.82, 2.24) is 4.98 Å². The Kier molecular flexibility index (Phi) is 7.75. The van der Waals surface area contributed by atoms with Gasteiger partial charge in [0.05, 0.1) is 11.4 Å². The predicted octanol–water partition coefficient (Wildman–Crippen LogP) is 5.87. The highest BCUT2D eigenvalue weighted by atomic mass is 32.2. The average molecular weight is 508 g/mol. The maximum Gasteiger partial charge on any atom is 0.258 e. The van der Waals surface area contributed by atoms with Crippen molar-refractivity contribution >= 4 is 39.1 Å². The summed E-state index contributed by atoms with van der Waals surface area (Å²) in [6.07, 6.45) is 0.861. The number of thiazole rings is 1. The number of anilines is 2. The van der Waals surface area contributed by atoms with E-state index in [1.54, 1.807) is 0 Å². The molecule has 0 fully saturated rings. The van der Waals surface area contributed by atoms with E-state index < -0.39 is 11.1 Å². The summed E-state index contributed by atoms with van der Waals surface area (Å²) in [5.74, 6) is 0.291. The molecular weight excluding hydrogens is 478 g/mol. The van der Waals surface area contributed by atoms with Crippen molar-refractivity contribution in [1.29, 1.82) is 0 Å². The second-order valence-electron chi connectivity index (χ2n) is 8.27. The van der Waals surface area contributed by atoms with Crippen molar-refractivity contribution < 1.29 is 15.0 Å². The normalized spacial score (nSPS) is 13.1. The van der Waals surface area contributed by atoms with Crippen LogP contribution in [0.25, 0.3) is 11.3 Å². The highest BCUT2D eigenvalue weighted by molar-refractivity contribution is 7.78. The minimum atomic E-state index is -1.72. The minimum Gasteiger partial charge on any atom is -0.375 e. The molecule has 1 atom stereocenters. The van der Waals surface area contributed by atoms with Crippen LogP contribution in [-0.2, 0) is 23.3 Å². The van der Waals surface area contributed by atoms with Crippen LogP contribution >= 0.6 is 11.3 Å². The lowest BCUT2D eigenvalue weighted by molar-refractivity contribution is 0.0989. The van der Waals surface area contributed by atoms with Gasteiger partial charge in [0.1, 0.15) is 0 Å². The van der Waals surface area contributed by atoms with Crippen LogP contribution in [0.2, 0.25) is 0 Å². The van der Waals surface area contributed by atoms with Gasteiger partial charge in [0.25, 0.3) is 5.91 Å². The molecule has 6 nitrogen and oxygen atoms in total. The number of fused-ring (bicyclic) bond motifs is 1. The highest BCUT2D eigenvalue weighted by Gasteiger charge is 2.27. The Bertz CT molecular complexity index is 1380. The standard InChI is InChI=1S/C20H19N3OS.C7H8O2S.H2/c1-12-5-3-4-6-16(12)19(24)23-10-9-14-11-15(7-8-17(14)23)18-13(2)25-20(21)22-18;8-10(9)6-7-4-2-1-3-5-7;/h3-8,11H,9-10H2,1-2H3,(H2,21,22);1-5H,6H2,(H,8,9);1H. The summed E-state index contributed by atoms with van der Waals surface area (Å²) in [5.41, 5.74) is 12.7. The fraction of sp³-hybridized carbons (Fsp3) is 0.185. The second-order valence-corrected chi connectivity index (χ2v) is 10.4. The van der Waals surface area contributed by atoms with Gasteiger partial charge in [-0.2, -0.15) is 0 Å². The van der Waals surface area contributed by atoms with Crippen LogP contribution in [0.1, 0.15) is 33.4 Å². The number of carbonyl (C=O) groups excluding carboxylic acids is 1. The third kappa shape index (κ3) is 5.85. The largest absolute Gasteiger partial charge is 0.375 e. The molecule has 4 aromatic rings. The SMILES string of the molecule is Cc1ccccc1C(=O)N1CCc2cc(-c3nc(N)sc3C)ccc21.O=S(O)Cc1ccccc1.[HH]. The zero-order valence-electron chi connectivity index (χ0n) is 19.6. The fourth-order valence-corrected chi connectivity index (χ4v) is 5.31. The van der Waals surface area contributed by atoms with E-state index in [2.05, 4.69) is 11.1 Å². The first-order chi connectivity index (χ1) is 16.8. The quantitative estimate of drug-likeness (QED) is 0.337. The van der Waals surface area contributed by atoms with Gasteiger partial charge in [-0.05, 0) is 55.2 Å². The van der Waals surface area contributed by atoms with Crippen LogP contribution < -0.4 is 10.6 Å². The van der Waals surface area contributed by atoms with Gasteiger partial charge in [-0.1, -0.05) is 54.6 Å². The Balaban J connectivity index is 0.000000278. The second kappa shape index (κ2) is 10.9. The first kappa shape index (κ1) is 24.8. The van der Waals surface area contributed by atoms with E-state index in [1.807, 2.05) is 85.5 Å². The summed E-state index contributed by atoms with van der Waals surface area (Å²) >= 11 is -0.213. The lowest BCUT2D eigenvalue weighted by Gasteiger charge is -2.18. The Labute approximate surface area is 213 Å². The van der Waals surface area contributed by atoms with Gasteiger partial charge in [0.15, 0.2) is 16.2 Å². The monoisotopic (exact) mass is 507 g/mol. The molecule has 1 amide bonds. The first-order valence-corrected chi connectivity index (χ1v) is 13.3. The molecule has 0 bridgehead atoms. The molecule has 1 unspecified atom stereocenters. The van der Waals surface area contributed by atoms with E-state index in [4.69, 9.17) is 10.3 Å². The zero-order valence-corrected chi connectivity index (χ0v) is 21.2. The molecule has 182 valence electrons. The summed E-state index contributed by atoms with van der Waals surface area (Å²) in [6.45, 7) is 4.72. The maximum absolute atomic E-state index is 12.9. The van der Waals surface area contributed by atoms with Crippen molar-refractivity contribution in [3.63, 3.8) is 0 Å². The third-order valence-corrected chi connectivity index (χ3v) is 7.20. The smallest absolute Gasteiger partial charge is 0.258 e. The molecule has 5 rings (SSSR count). The van der Waals surface area contributed by atoms with Gasteiger partial charge in [0.2, 0.25) is 0 Å². The molecular formula is C27H29N3O3S2. The van der Waals surface area contributed by atoms with Crippen molar-refractivity contribution in [3.8, 4) is 11.3 Å². The van der Waals surface area contributed by atoms with E-state index in [1.165, 1.54) is 16.9 Å². The average Bonchev–Trinajstić information content (AvgIpc) is 3.41. The maximum atomic E-state index is 12.9. The number of carbonyl (C=O) groups is 1. The molecule has 0 spiro atoms. The Morgan fingerprint density at radius 2 is 1.83 bits per heavy atom. The summed E-state index contributed by atoms with van der Waals surface area (Å²) in [5, 5.41) is 0.587. The molecule has 0 aliphatic carbocycles. The number of benzene rings is 3. The number of aromatic nitrogens is 1. The molecule has 0 saturated heterocycles. The lowest BCUT2D eigenvalue weighted by atomic mass is 10.0. The number of nitrogen functional groups attached to an aromatic ring is 1. The van der Waals surface area contributed by atoms with Crippen LogP contribution in [-0.4, -0.2) is 26.2 Å². The van der Waals surface area contributed by atoms with Crippen molar-refractivity contribution in [3.05, 3.63) is 99.9 Å². The molecule has 8 heteroatoms. The topological polar surface area (TPSA) is 96.5 Å². The van der Waals surface area contributed by atoms with Gasteiger partial charge in [0, 0.05) is 29.7 Å². The first-order valence-electron chi connectivity index (χ1n) is 11.2. The van der Waals surface area contributed by atoms with Crippen LogP contribution in [0.15, 0.2) is 72.8 Å². The molecule has 1 aliphatic heterocycles. The molecule has 0 saturated carbocycles. The van der Waals surface area contributed by atoms with Gasteiger partial charge < -0.3 is 15.2 Å². The number of nitrogens with two attached hydrogens (primary N) is 1. The van der Waals surface area contributed by atoms with E-state index in [0.29, 0.717) is 11.7 Å². The Hall–Kier alpha value is -3.33. The molecule has 0 radical (unpaired) electrons. The summed E-state index contributed by atoms with van der Waals surface area (Å²) in [4.78, 5) is 20.4. The van der Waals surface area contributed by atoms with Crippen LogP contribution in [0, 0.1) is 13.8 Å². The Morgan fingerprint density at radius 3 is 2.49 bits per heavy atom. The van der Waals surface area contributed by atoms with Crippen molar-refractivity contribution in [2.45, 2.75) is 26.0 Å². The van der Waals surface area contributed by atoms with E-state index >= 15 is 0 Å². The summed E-state index contributed by atoms with van der Waals surface area (Å²) < 4.78 is 18.8. The molecule has 1 aliphatic rings. The Morgan fingerprint density at radius 1 is 1.11 bits per heavy atom. The van der Waals surface area contributed by atoms with Crippen molar-refractivity contribution in [2.75, 3.05) is 17.2 Å².